The number of benzene rings is 1. The highest BCUT2D eigenvalue weighted by Crippen LogP contribution is 2.61. The zero-order valence-corrected chi connectivity index (χ0v) is 17.6. The van der Waals surface area contributed by atoms with Crippen LogP contribution in [0.25, 0.3) is 11.3 Å². The van der Waals surface area contributed by atoms with Crippen molar-refractivity contribution in [1.82, 2.24) is 4.98 Å². The molecule has 2 aromatic rings. The third-order valence-electron chi connectivity index (χ3n) is 6.92. The van der Waals surface area contributed by atoms with Crippen molar-refractivity contribution >= 4 is 22.4 Å². The average molecular weight is 415 g/mol. The predicted octanol–water partition coefficient (Wildman–Crippen LogP) is 4.10. The number of hydrogen-bond donors (Lipinski definition) is 2. The lowest BCUT2D eigenvalue weighted by Crippen LogP contribution is -2.59. The fourth-order valence-electron chi connectivity index (χ4n) is 6.17. The van der Waals surface area contributed by atoms with E-state index in [9.17, 15) is 9.90 Å². The molecule has 4 aliphatic rings. The van der Waals surface area contributed by atoms with E-state index in [-0.39, 0.29) is 5.91 Å². The minimum absolute atomic E-state index is 0.0261. The molecule has 2 N–H and O–H groups in total. The van der Waals surface area contributed by atoms with E-state index in [1.54, 1.807) is 14.2 Å². The lowest BCUT2D eigenvalue weighted by atomic mass is 9.47. The Morgan fingerprint density at radius 1 is 1.17 bits per heavy atom. The SMILES string of the molecule is COc1ccc(-c2csc(NC(=O)C34CC5CC(CC(O)(C5)C3)C4)n2)cc1OC. The second kappa shape index (κ2) is 6.71. The van der Waals surface area contributed by atoms with E-state index in [1.807, 2.05) is 23.6 Å². The lowest BCUT2D eigenvalue weighted by molar-refractivity contribution is -0.174. The number of methoxy groups -OCH3 is 2. The maximum atomic E-state index is 13.2. The number of ether oxygens (including phenoxy) is 2. The van der Waals surface area contributed by atoms with Gasteiger partial charge in [-0.1, -0.05) is 0 Å². The van der Waals surface area contributed by atoms with Crippen molar-refractivity contribution in [2.45, 2.75) is 44.1 Å². The zero-order chi connectivity index (χ0) is 20.2. The van der Waals surface area contributed by atoms with Crippen LogP contribution in [-0.4, -0.2) is 35.8 Å². The monoisotopic (exact) mass is 414 g/mol. The number of carbonyl (C=O) groups is 1. The number of amides is 1. The fraction of sp³-hybridized carbons (Fsp3) is 0.545. The summed E-state index contributed by atoms with van der Waals surface area (Å²) in [6.45, 7) is 0. The van der Waals surface area contributed by atoms with Gasteiger partial charge in [0.25, 0.3) is 0 Å². The number of carbonyl (C=O) groups excluding carboxylic acids is 1. The van der Waals surface area contributed by atoms with Crippen LogP contribution in [0.3, 0.4) is 0 Å². The Morgan fingerprint density at radius 3 is 2.55 bits per heavy atom. The first-order chi connectivity index (χ1) is 13.9. The van der Waals surface area contributed by atoms with Crippen molar-refractivity contribution in [1.29, 1.82) is 0 Å². The third-order valence-corrected chi connectivity index (χ3v) is 7.67. The number of aliphatic hydroxyl groups is 1. The molecule has 29 heavy (non-hydrogen) atoms. The molecule has 6 nitrogen and oxygen atoms in total. The number of nitrogens with one attached hydrogen (secondary N) is 1. The first kappa shape index (κ1) is 18.9. The summed E-state index contributed by atoms with van der Waals surface area (Å²) in [6, 6.07) is 5.66. The third kappa shape index (κ3) is 3.20. The summed E-state index contributed by atoms with van der Waals surface area (Å²) in [5, 5.41) is 16.5. The van der Waals surface area contributed by atoms with Gasteiger partial charge < -0.3 is 19.9 Å². The van der Waals surface area contributed by atoms with Crippen molar-refractivity contribution in [3.8, 4) is 22.8 Å². The van der Waals surface area contributed by atoms with Crippen molar-refractivity contribution in [3.05, 3.63) is 23.6 Å². The van der Waals surface area contributed by atoms with Gasteiger partial charge >= 0.3 is 0 Å². The van der Waals surface area contributed by atoms with Crippen molar-refractivity contribution < 1.29 is 19.4 Å². The Hall–Kier alpha value is -2.12. The van der Waals surface area contributed by atoms with Crippen molar-refractivity contribution in [2.75, 3.05) is 19.5 Å². The molecule has 0 aliphatic heterocycles. The predicted molar refractivity (Wildman–Crippen MR) is 111 cm³/mol. The molecule has 0 saturated heterocycles. The Balaban J connectivity index is 1.35. The first-order valence-electron chi connectivity index (χ1n) is 10.1. The molecule has 154 valence electrons. The molecule has 0 spiro atoms. The van der Waals surface area contributed by atoms with Crippen LogP contribution in [0.2, 0.25) is 0 Å². The van der Waals surface area contributed by atoms with Crippen LogP contribution in [0.1, 0.15) is 38.5 Å². The summed E-state index contributed by atoms with van der Waals surface area (Å²) in [5.41, 5.74) is 0.613. The smallest absolute Gasteiger partial charge is 0.232 e. The van der Waals surface area contributed by atoms with Gasteiger partial charge in [-0.25, -0.2) is 4.98 Å². The summed E-state index contributed by atoms with van der Waals surface area (Å²) < 4.78 is 10.7. The summed E-state index contributed by atoms with van der Waals surface area (Å²) >= 11 is 1.42. The van der Waals surface area contributed by atoms with Gasteiger partial charge in [-0.05, 0) is 68.6 Å². The number of nitrogens with zero attached hydrogens (tertiary/aromatic N) is 1. The summed E-state index contributed by atoms with van der Waals surface area (Å²) in [6.07, 6.45) is 5.26. The van der Waals surface area contributed by atoms with Crippen LogP contribution in [0.15, 0.2) is 23.6 Å². The van der Waals surface area contributed by atoms with E-state index < -0.39 is 11.0 Å². The molecule has 4 fully saturated rings. The Kier molecular flexibility index (Phi) is 4.37. The maximum Gasteiger partial charge on any atom is 0.232 e. The molecule has 7 heteroatoms. The van der Waals surface area contributed by atoms with Crippen LogP contribution >= 0.6 is 11.3 Å². The molecule has 0 radical (unpaired) electrons. The number of rotatable bonds is 5. The topological polar surface area (TPSA) is 80.7 Å². The molecule has 1 aromatic heterocycles. The standard InChI is InChI=1S/C22H26N2O4S/c1-27-17-4-3-15(6-18(17)28-2)16-11-29-20(23-16)24-19(25)21-7-13-5-14(8-21)10-22(26,9-13)12-21/h3-4,6,11,13-14,26H,5,7-10,12H2,1-2H3,(H,23,24,25). The second-order valence-electron chi connectivity index (χ2n) is 9.03. The van der Waals surface area contributed by atoms with Crippen molar-refractivity contribution in [3.63, 3.8) is 0 Å². The molecule has 2 atom stereocenters. The molecule has 1 heterocycles. The van der Waals surface area contributed by atoms with E-state index in [1.165, 1.54) is 11.3 Å². The molecule has 1 amide bonds. The van der Waals surface area contributed by atoms with Crippen LogP contribution in [0.4, 0.5) is 5.13 Å². The first-order valence-corrected chi connectivity index (χ1v) is 11.0. The van der Waals surface area contributed by atoms with Crippen molar-refractivity contribution in [2.24, 2.45) is 17.3 Å². The van der Waals surface area contributed by atoms with Crippen LogP contribution in [0, 0.1) is 17.3 Å². The highest BCUT2D eigenvalue weighted by atomic mass is 32.1. The Bertz CT molecular complexity index is 942. The number of hydrogen-bond acceptors (Lipinski definition) is 6. The summed E-state index contributed by atoms with van der Waals surface area (Å²) in [4.78, 5) is 17.9. The van der Waals surface area contributed by atoms with E-state index in [0.717, 1.165) is 43.4 Å². The van der Waals surface area contributed by atoms with Gasteiger partial charge in [0.1, 0.15) is 0 Å². The van der Waals surface area contributed by atoms with Crippen LogP contribution in [0.5, 0.6) is 11.5 Å². The molecular formula is C22H26N2O4S. The van der Waals surface area contributed by atoms with Gasteiger partial charge in [0.2, 0.25) is 5.91 Å². The zero-order valence-electron chi connectivity index (χ0n) is 16.7. The number of aromatic nitrogens is 1. The fourth-order valence-corrected chi connectivity index (χ4v) is 6.88. The van der Waals surface area contributed by atoms with Gasteiger partial charge in [0, 0.05) is 10.9 Å². The van der Waals surface area contributed by atoms with Gasteiger partial charge in [0.05, 0.1) is 30.9 Å². The molecule has 2 unspecified atom stereocenters. The Labute approximate surface area is 174 Å². The average Bonchev–Trinajstić information content (AvgIpc) is 3.14. The molecule has 4 saturated carbocycles. The minimum Gasteiger partial charge on any atom is -0.493 e. The van der Waals surface area contributed by atoms with Gasteiger partial charge in [-0.15, -0.1) is 11.3 Å². The maximum absolute atomic E-state index is 13.2. The largest absolute Gasteiger partial charge is 0.493 e. The molecule has 1 aromatic carbocycles. The van der Waals surface area contributed by atoms with E-state index in [4.69, 9.17) is 9.47 Å². The van der Waals surface area contributed by atoms with Gasteiger partial charge in [0.15, 0.2) is 16.6 Å². The number of thiazole rings is 1. The quantitative estimate of drug-likeness (QED) is 0.770. The molecule has 4 aliphatic carbocycles. The van der Waals surface area contributed by atoms with Gasteiger partial charge in [-0.2, -0.15) is 0 Å². The highest BCUT2D eigenvalue weighted by molar-refractivity contribution is 7.14. The van der Waals surface area contributed by atoms with E-state index >= 15 is 0 Å². The highest BCUT2D eigenvalue weighted by Gasteiger charge is 2.60. The number of anilines is 1. The van der Waals surface area contributed by atoms with E-state index in [2.05, 4.69) is 10.3 Å². The van der Waals surface area contributed by atoms with E-state index in [0.29, 0.717) is 34.9 Å². The summed E-state index contributed by atoms with van der Waals surface area (Å²) in [7, 11) is 3.21. The summed E-state index contributed by atoms with van der Waals surface area (Å²) in [5.74, 6) is 2.29. The van der Waals surface area contributed by atoms with Crippen LogP contribution < -0.4 is 14.8 Å². The normalized spacial score (nSPS) is 32.2. The lowest BCUT2D eigenvalue weighted by Gasteiger charge is -2.59. The van der Waals surface area contributed by atoms with Gasteiger partial charge in [-0.3, -0.25) is 4.79 Å². The second-order valence-corrected chi connectivity index (χ2v) is 9.89. The molecule has 4 bridgehead atoms. The van der Waals surface area contributed by atoms with Crippen LogP contribution in [-0.2, 0) is 4.79 Å². The molecule has 6 rings (SSSR count). The molecular weight excluding hydrogens is 388 g/mol. The Morgan fingerprint density at radius 2 is 1.90 bits per heavy atom. The minimum atomic E-state index is -0.644.